The third-order valence-corrected chi connectivity index (χ3v) is 5.21. The molecule has 3 rings (SSSR count). The molecule has 0 bridgehead atoms. The molecule has 0 aliphatic carbocycles. The van der Waals surface area contributed by atoms with E-state index in [9.17, 15) is 9.59 Å². The molecule has 154 valence electrons. The topological polar surface area (TPSA) is 81.9 Å². The first-order valence-electron chi connectivity index (χ1n) is 9.84. The minimum absolute atomic E-state index is 0.0114. The second-order valence-electron chi connectivity index (χ2n) is 7.45. The molecule has 1 heterocycles. The fourth-order valence-electron chi connectivity index (χ4n) is 3.33. The number of likely N-dealkylation sites (N-methyl/N-ethyl adjacent to an activating group) is 2. The van der Waals surface area contributed by atoms with Gasteiger partial charge < -0.3 is 25.8 Å². The molecule has 1 fully saturated rings. The van der Waals surface area contributed by atoms with Gasteiger partial charge in [-0.25, -0.2) is 4.79 Å². The highest BCUT2D eigenvalue weighted by Crippen LogP contribution is 2.23. The van der Waals surface area contributed by atoms with Crippen LogP contribution in [-0.4, -0.2) is 73.5 Å². The first kappa shape index (κ1) is 20.8. The van der Waals surface area contributed by atoms with E-state index >= 15 is 0 Å². The molecule has 1 aliphatic heterocycles. The molecule has 0 saturated carbocycles. The molecular weight excluding hydrogens is 366 g/mol. The zero-order valence-corrected chi connectivity index (χ0v) is 17.1. The first-order chi connectivity index (χ1) is 14.0. The molecule has 3 amide bonds. The molecule has 0 aromatic heterocycles. The summed E-state index contributed by atoms with van der Waals surface area (Å²) in [6.45, 7) is 3.81. The molecule has 7 heteroatoms. The molecular formula is C22H29N5O2. The predicted octanol–water partition coefficient (Wildman–Crippen LogP) is 2.05. The maximum Gasteiger partial charge on any atom is 0.321 e. The van der Waals surface area contributed by atoms with E-state index in [0.29, 0.717) is 6.54 Å². The average molecular weight is 396 g/mol. The van der Waals surface area contributed by atoms with Gasteiger partial charge in [0.2, 0.25) is 5.91 Å². The van der Waals surface area contributed by atoms with E-state index in [1.54, 1.807) is 11.9 Å². The predicted molar refractivity (Wildman–Crippen MR) is 115 cm³/mol. The molecule has 2 aromatic carbocycles. The smallest absolute Gasteiger partial charge is 0.321 e. The quantitative estimate of drug-likeness (QED) is 0.812. The summed E-state index contributed by atoms with van der Waals surface area (Å²) >= 11 is 0. The van der Waals surface area contributed by atoms with Gasteiger partial charge in [0.1, 0.15) is 0 Å². The van der Waals surface area contributed by atoms with Gasteiger partial charge in [0.05, 0.1) is 6.54 Å². The molecule has 0 atom stereocenters. The number of rotatable bonds is 5. The zero-order valence-electron chi connectivity index (χ0n) is 17.1. The van der Waals surface area contributed by atoms with E-state index in [1.165, 1.54) is 0 Å². The van der Waals surface area contributed by atoms with Crippen LogP contribution in [0.1, 0.15) is 5.56 Å². The molecule has 2 aromatic rings. The number of nitrogens with one attached hydrogen (secondary N) is 1. The van der Waals surface area contributed by atoms with Crippen molar-refractivity contribution in [1.82, 2.24) is 14.7 Å². The minimum atomic E-state index is -0.0872. The summed E-state index contributed by atoms with van der Waals surface area (Å²) in [5, 5.41) is 2.97. The van der Waals surface area contributed by atoms with Crippen LogP contribution in [0.2, 0.25) is 0 Å². The van der Waals surface area contributed by atoms with Gasteiger partial charge >= 0.3 is 6.03 Å². The van der Waals surface area contributed by atoms with Gasteiger partial charge in [0.15, 0.2) is 0 Å². The van der Waals surface area contributed by atoms with Crippen molar-refractivity contribution >= 4 is 17.6 Å². The van der Waals surface area contributed by atoms with Gasteiger partial charge in [0.25, 0.3) is 0 Å². The maximum atomic E-state index is 12.4. The molecule has 1 saturated heterocycles. The Morgan fingerprint density at radius 3 is 2.38 bits per heavy atom. The number of nitrogens with zero attached hydrogens (tertiary/aromatic N) is 3. The number of carbonyl (C=O) groups is 2. The molecule has 3 N–H and O–H groups in total. The first-order valence-corrected chi connectivity index (χ1v) is 9.84. The zero-order chi connectivity index (χ0) is 20.8. The Hall–Kier alpha value is -2.90. The standard InChI is InChI=1S/C22H29N5O2/c1-25-10-12-27(13-11-25)22(29)24-20-8-6-18(7-9-20)19-5-3-4-17(14-19)16-26(2)21(28)15-23/h3-9,14H,10-13,15-16,23H2,1-2H3,(H,24,29). The second kappa shape index (κ2) is 9.54. The molecule has 29 heavy (non-hydrogen) atoms. The molecule has 7 nitrogen and oxygen atoms in total. The minimum Gasteiger partial charge on any atom is -0.340 e. The molecule has 0 unspecified atom stereocenters. The Morgan fingerprint density at radius 2 is 1.72 bits per heavy atom. The van der Waals surface area contributed by atoms with E-state index in [2.05, 4.69) is 23.3 Å². The van der Waals surface area contributed by atoms with Crippen molar-refractivity contribution in [2.75, 3.05) is 52.1 Å². The van der Waals surface area contributed by atoms with Crippen LogP contribution in [-0.2, 0) is 11.3 Å². The summed E-state index contributed by atoms with van der Waals surface area (Å²) in [6.07, 6.45) is 0. The molecule has 0 radical (unpaired) electrons. The maximum absolute atomic E-state index is 12.4. The Balaban J connectivity index is 1.63. The normalized spacial score (nSPS) is 14.5. The van der Waals surface area contributed by atoms with Crippen molar-refractivity contribution in [1.29, 1.82) is 0 Å². The number of benzene rings is 2. The van der Waals surface area contributed by atoms with Crippen molar-refractivity contribution in [2.45, 2.75) is 6.54 Å². The summed E-state index contributed by atoms with van der Waals surface area (Å²) in [6, 6.07) is 15.8. The lowest BCUT2D eigenvalue weighted by atomic mass is 10.0. The summed E-state index contributed by atoms with van der Waals surface area (Å²) in [5.74, 6) is -0.0872. The van der Waals surface area contributed by atoms with E-state index < -0.39 is 0 Å². The summed E-state index contributed by atoms with van der Waals surface area (Å²) in [7, 11) is 3.82. The fraction of sp³-hybridized carbons (Fsp3) is 0.364. The highest BCUT2D eigenvalue weighted by Gasteiger charge is 2.18. The van der Waals surface area contributed by atoms with Gasteiger partial charge in [-0.15, -0.1) is 0 Å². The largest absolute Gasteiger partial charge is 0.340 e. The van der Waals surface area contributed by atoms with Crippen LogP contribution in [0, 0.1) is 0 Å². The Bertz CT molecular complexity index is 845. The second-order valence-corrected chi connectivity index (χ2v) is 7.45. The lowest BCUT2D eigenvalue weighted by Gasteiger charge is -2.32. The van der Waals surface area contributed by atoms with Gasteiger partial charge in [-0.3, -0.25) is 4.79 Å². The van der Waals surface area contributed by atoms with E-state index in [1.807, 2.05) is 47.4 Å². The third-order valence-electron chi connectivity index (χ3n) is 5.21. The molecule has 1 aliphatic rings. The van der Waals surface area contributed by atoms with Crippen molar-refractivity contribution in [3.8, 4) is 11.1 Å². The van der Waals surface area contributed by atoms with Crippen LogP contribution in [0.15, 0.2) is 48.5 Å². The number of urea groups is 1. The van der Waals surface area contributed by atoms with E-state index in [4.69, 9.17) is 5.73 Å². The van der Waals surface area contributed by atoms with Gasteiger partial charge in [0, 0.05) is 45.5 Å². The summed E-state index contributed by atoms with van der Waals surface area (Å²) < 4.78 is 0. The summed E-state index contributed by atoms with van der Waals surface area (Å²) in [4.78, 5) is 29.8. The van der Waals surface area contributed by atoms with Gasteiger partial charge in [-0.2, -0.15) is 0 Å². The number of amides is 3. The lowest BCUT2D eigenvalue weighted by molar-refractivity contribution is -0.128. The third kappa shape index (κ3) is 5.56. The Labute approximate surface area is 172 Å². The number of piperazine rings is 1. The van der Waals surface area contributed by atoms with Crippen molar-refractivity contribution in [3.05, 3.63) is 54.1 Å². The number of anilines is 1. The monoisotopic (exact) mass is 395 g/mol. The van der Waals surface area contributed by atoms with Crippen molar-refractivity contribution in [2.24, 2.45) is 5.73 Å². The van der Waals surface area contributed by atoms with Gasteiger partial charge in [-0.1, -0.05) is 30.3 Å². The fourth-order valence-corrected chi connectivity index (χ4v) is 3.33. The Morgan fingerprint density at radius 1 is 1.03 bits per heavy atom. The van der Waals surface area contributed by atoms with E-state index in [0.717, 1.165) is 48.6 Å². The number of hydrogen-bond acceptors (Lipinski definition) is 4. The Kier molecular flexibility index (Phi) is 6.85. The van der Waals surface area contributed by atoms with Crippen molar-refractivity contribution < 1.29 is 9.59 Å². The number of nitrogens with two attached hydrogens (primary N) is 1. The van der Waals surface area contributed by atoms with Crippen LogP contribution in [0.3, 0.4) is 0 Å². The average Bonchev–Trinajstić information content (AvgIpc) is 2.74. The lowest BCUT2D eigenvalue weighted by Crippen LogP contribution is -2.48. The van der Waals surface area contributed by atoms with Crippen LogP contribution in [0.4, 0.5) is 10.5 Å². The van der Waals surface area contributed by atoms with Crippen LogP contribution < -0.4 is 11.1 Å². The van der Waals surface area contributed by atoms with Crippen molar-refractivity contribution in [3.63, 3.8) is 0 Å². The highest BCUT2D eigenvalue weighted by molar-refractivity contribution is 5.89. The number of hydrogen-bond donors (Lipinski definition) is 2. The van der Waals surface area contributed by atoms with Crippen LogP contribution in [0.25, 0.3) is 11.1 Å². The summed E-state index contributed by atoms with van der Waals surface area (Å²) in [5.41, 5.74) is 9.36. The van der Waals surface area contributed by atoms with E-state index in [-0.39, 0.29) is 18.5 Å². The van der Waals surface area contributed by atoms with Crippen LogP contribution in [0.5, 0.6) is 0 Å². The number of carbonyl (C=O) groups excluding carboxylic acids is 2. The highest BCUT2D eigenvalue weighted by atomic mass is 16.2. The molecule has 0 spiro atoms. The SMILES string of the molecule is CN1CCN(C(=O)Nc2ccc(-c3cccc(CN(C)C(=O)CN)c3)cc2)CC1. The van der Waals surface area contributed by atoms with Crippen LogP contribution >= 0.6 is 0 Å². The van der Waals surface area contributed by atoms with Gasteiger partial charge in [-0.05, 0) is 41.9 Å².